The van der Waals surface area contributed by atoms with Gasteiger partial charge in [0, 0.05) is 11.3 Å². The van der Waals surface area contributed by atoms with Crippen LogP contribution in [0.2, 0.25) is 0 Å². The molecule has 1 saturated heterocycles. The molecular weight excluding hydrogens is 378 g/mol. The van der Waals surface area contributed by atoms with Gasteiger partial charge in [0.1, 0.15) is 17.4 Å². The molecule has 164 valence electrons. The molecular formula is C25H35NO4. The molecule has 2 fully saturated rings. The van der Waals surface area contributed by atoms with E-state index in [9.17, 15) is 19.8 Å². The number of nitrogens with one attached hydrogen (secondary N) is 1. The SMILES string of the molecule is C/C=C/C=C/C1C(C)=CC2CC(C)CCC2C1(C)/C(O)=C1\C(=O)NC(C(C)O)C1=O. The molecule has 7 atom stereocenters. The van der Waals surface area contributed by atoms with Gasteiger partial charge >= 0.3 is 0 Å². The van der Waals surface area contributed by atoms with Gasteiger partial charge in [-0.25, -0.2) is 0 Å². The van der Waals surface area contributed by atoms with E-state index in [0.29, 0.717) is 11.8 Å². The Labute approximate surface area is 179 Å². The van der Waals surface area contributed by atoms with Gasteiger partial charge in [0.25, 0.3) is 5.91 Å². The Morgan fingerprint density at radius 2 is 2.00 bits per heavy atom. The highest BCUT2D eigenvalue weighted by Crippen LogP contribution is 2.57. The van der Waals surface area contributed by atoms with Crippen molar-refractivity contribution in [1.29, 1.82) is 0 Å². The number of allylic oxidation sites excluding steroid dienone is 7. The van der Waals surface area contributed by atoms with Gasteiger partial charge in [-0.1, -0.05) is 56.2 Å². The minimum absolute atomic E-state index is 0.123. The summed E-state index contributed by atoms with van der Waals surface area (Å²) in [5.74, 6) is -0.300. The second kappa shape index (κ2) is 8.54. The Balaban J connectivity index is 2.16. The largest absolute Gasteiger partial charge is 0.511 e. The second-order valence-electron chi connectivity index (χ2n) is 9.55. The number of amides is 1. The zero-order chi connectivity index (χ0) is 22.2. The van der Waals surface area contributed by atoms with Gasteiger partial charge in [-0.15, -0.1) is 0 Å². The van der Waals surface area contributed by atoms with Crippen molar-refractivity contribution in [2.24, 2.45) is 29.1 Å². The number of ketones is 1. The molecule has 1 heterocycles. The summed E-state index contributed by atoms with van der Waals surface area (Å²) in [5, 5.41) is 24.0. The summed E-state index contributed by atoms with van der Waals surface area (Å²) in [6.45, 7) is 9.75. The Morgan fingerprint density at radius 3 is 2.60 bits per heavy atom. The van der Waals surface area contributed by atoms with Crippen molar-refractivity contribution in [3.8, 4) is 0 Å². The number of aliphatic hydroxyl groups is 2. The van der Waals surface area contributed by atoms with Crippen molar-refractivity contribution in [1.82, 2.24) is 5.32 Å². The highest BCUT2D eigenvalue weighted by atomic mass is 16.3. The standard InChI is InChI=1S/C25H35NO4/c1-6-7-8-9-18-15(3)13-17-12-14(2)10-11-19(17)25(18,5)23(29)20-22(28)21(16(4)27)26-24(20)30/h6-9,13-14,16-19,21,27,29H,10-12H2,1-5H3,(H,26,30)/b7-6+,9-8+,23-20+. The first kappa shape index (κ1) is 22.5. The average Bonchev–Trinajstić information content (AvgIpc) is 2.97. The van der Waals surface area contributed by atoms with Crippen LogP contribution in [0.4, 0.5) is 0 Å². The van der Waals surface area contributed by atoms with Crippen LogP contribution >= 0.6 is 0 Å². The minimum atomic E-state index is -1.01. The molecule has 1 saturated carbocycles. The summed E-state index contributed by atoms with van der Waals surface area (Å²) >= 11 is 0. The van der Waals surface area contributed by atoms with Crippen molar-refractivity contribution in [2.75, 3.05) is 0 Å². The van der Waals surface area contributed by atoms with E-state index < -0.39 is 29.3 Å². The lowest BCUT2D eigenvalue weighted by Gasteiger charge is -2.52. The van der Waals surface area contributed by atoms with E-state index in [1.54, 1.807) is 0 Å². The van der Waals surface area contributed by atoms with Gasteiger partial charge in [-0.3, -0.25) is 9.59 Å². The third-order valence-electron chi connectivity index (χ3n) is 7.42. The molecule has 0 aromatic carbocycles. The van der Waals surface area contributed by atoms with E-state index in [2.05, 4.69) is 31.3 Å². The number of rotatable bonds is 4. The number of aliphatic hydroxyl groups excluding tert-OH is 2. The van der Waals surface area contributed by atoms with Crippen LogP contribution in [0, 0.1) is 29.1 Å². The highest BCUT2D eigenvalue weighted by molar-refractivity contribution is 6.27. The summed E-state index contributed by atoms with van der Waals surface area (Å²) in [4.78, 5) is 25.6. The predicted molar refractivity (Wildman–Crippen MR) is 118 cm³/mol. The van der Waals surface area contributed by atoms with Gasteiger partial charge in [0.15, 0.2) is 5.78 Å². The van der Waals surface area contributed by atoms with E-state index in [0.717, 1.165) is 24.8 Å². The van der Waals surface area contributed by atoms with Gasteiger partial charge in [0.05, 0.1) is 6.10 Å². The van der Waals surface area contributed by atoms with E-state index in [4.69, 9.17) is 0 Å². The summed E-state index contributed by atoms with van der Waals surface area (Å²) in [5.41, 5.74) is 0.205. The molecule has 3 N–H and O–H groups in total. The molecule has 0 aromatic rings. The molecule has 5 heteroatoms. The first-order chi connectivity index (χ1) is 14.1. The lowest BCUT2D eigenvalue weighted by atomic mass is 9.52. The maximum atomic E-state index is 12.9. The fourth-order valence-corrected chi connectivity index (χ4v) is 5.84. The highest BCUT2D eigenvalue weighted by Gasteiger charge is 2.54. The third-order valence-corrected chi connectivity index (χ3v) is 7.42. The van der Waals surface area contributed by atoms with Crippen molar-refractivity contribution in [3.05, 3.63) is 47.3 Å². The van der Waals surface area contributed by atoms with E-state index >= 15 is 0 Å². The lowest BCUT2D eigenvalue weighted by molar-refractivity contribution is -0.118. The van der Waals surface area contributed by atoms with Crippen LogP contribution in [0.1, 0.15) is 53.9 Å². The molecule has 5 nitrogen and oxygen atoms in total. The first-order valence-electron chi connectivity index (χ1n) is 11.1. The molecule has 0 bridgehead atoms. The van der Waals surface area contributed by atoms with Gasteiger partial charge in [-0.2, -0.15) is 0 Å². The lowest BCUT2D eigenvalue weighted by Crippen LogP contribution is -2.46. The van der Waals surface area contributed by atoms with Crippen molar-refractivity contribution < 1.29 is 19.8 Å². The molecule has 1 amide bonds. The number of Topliss-reactive ketones (excluding diaryl/α,β-unsaturated/α-hetero) is 1. The fraction of sp³-hybridized carbons (Fsp3) is 0.600. The second-order valence-corrected chi connectivity index (χ2v) is 9.55. The Hall–Kier alpha value is -2.14. The molecule has 2 aliphatic carbocycles. The quantitative estimate of drug-likeness (QED) is 0.214. The van der Waals surface area contributed by atoms with E-state index in [-0.39, 0.29) is 23.2 Å². The number of hydrogen-bond acceptors (Lipinski definition) is 4. The molecule has 0 aromatic heterocycles. The minimum Gasteiger partial charge on any atom is -0.511 e. The smallest absolute Gasteiger partial charge is 0.259 e. The van der Waals surface area contributed by atoms with Crippen LogP contribution in [0.15, 0.2) is 47.3 Å². The average molecular weight is 414 g/mol. The van der Waals surface area contributed by atoms with Crippen molar-refractivity contribution in [3.63, 3.8) is 0 Å². The molecule has 30 heavy (non-hydrogen) atoms. The first-order valence-corrected chi connectivity index (χ1v) is 11.1. The third kappa shape index (κ3) is 3.68. The van der Waals surface area contributed by atoms with Crippen LogP contribution < -0.4 is 5.32 Å². The summed E-state index contributed by atoms with van der Waals surface area (Å²) in [6, 6.07) is -1.00. The van der Waals surface area contributed by atoms with E-state index in [1.807, 2.05) is 32.1 Å². The molecule has 1 aliphatic heterocycles. The summed E-state index contributed by atoms with van der Waals surface area (Å²) in [7, 11) is 0. The van der Waals surface area contributed by atoms with Crippen LogP contribution in [0.5, 0.6) is 0 Å². The predicted octanol–water partition coefficient (Wildman–Crippen LogP) is 4.01. The maximum Gasteiger partial charge on any atom is 0.259 e. The molecule has 3 rings (SSSR count). The van der Waals surface area contributed by atoms with E-state index in [1.165, 1.54) is 6.92 Å². The number of hydrogen-bond donors (Lipinski definition) is 3. The van der Waals surface area contributed by atoms with Crippen molar-refractivity contribution >= 4 is 11.7 Å². The normalized spacial score (nSPS) is 39.8. The molecule has 3 aliphatic rings. The van der Waals surface area contributed by atoms with Gasteiger partial charge in [0.2, 0.25) is 0 Å². The Bertz CT molecular complexity index is 834. The van der Waals surface area contributed by atoms with Gasteiger partial charge in [-0.05, 0) is 51.4 Å². The van der Waals surface area contributed by atoms with Crippen molar-refractivity contribution in [2.45, 2.75) is 66.0 Å². The molecule has 7 unspecified atom stereocenters. The number of carbonyl (C=O) groups is 2. The zero-order valence-corrected chi connectivity index (χ0v) is 18.7. The fourth-order valence-electron chi connectivity index (χ4n) is 5.84. The zero-order valence-electron chi connectivity index (χ0n) is 18.7. The van der Waals surface area contributed by atoms with Crippen LogP contribution in [0.3, 0.4) is 0 Å². The molecule has 0 radical (unpaired) electrons. The van der Waals surface area contributed by atoms with Crippen LogP contribution in [-0.2, 0) is 9.59 Å². The monoisotopic (exact) mass is 413 g/mol. The maximum absolute atomic E-state index is 12.9. The molecule has 0 spiro atoms. The summed E-state index contributed by atoms with van der Waals surface area (Å²) in [6.07, 6.45) is 12.3. The topological polar surface area (TPSA) is 86.6 Å². The van der Waals surface area contributed by atoms with Gasteiger partial charge < -0.3 is 15.5 Å². The Morgan fingerprint density at radius 1 is 1.30 bits per heavy atom. The number of carbonyl (C=O) groups excluding carboxylic acids is 2. The van der Waals surface area contributed by atoms with Crippen LogP contribution in [0.25, 0.3) is 0 Å². The van der Waals surface area contributed by atoms with Crippen LogP contribution in [-0.4, -0.2) is 34.0 Å². The summed E-state index contributed by atoms with van der Waals surface area (Å²) < 4.78 is 0. The Kier molecular flexibility index (Phi) is 6.42. The number of fused-ring (bicyclic) bond motifs is 1.